The van der Waals surface area contributed by atoms with Crippen LogP contribution >= 0.6 is 11.6 Å². The number of ether oxygens (including phenoxy) is 2. The molecule has 1 aromatic carbocycles. The Morgan fingerprint density at radius 2 is 2.17 bits per heavy atom. The van der Waals surface area contributed by atoms with E-state index in [1.165, 1.54) is 31.5 Å². The number of nitrogens with zero attached hydrogens (tertiary/aromatic N) is 1. The smallest absolute Gasteiger partial charge is 0.243 e. The Bertz CT molecular complexity index is 578. The monoisotopic (exact) mass is 268 g/mol. The molecule has 0 unspecified atom stereocenters. The van der Waals surface area contributed by atoms with Crippen LogP contribution in [0.1, 0.15) is 0 Å². The van der Waals surface area contributed by atoms with E-state index in [2.05, 4.69) is 4.98 Å². The summed E-state index contributed by atoms with van der Waals surface area (Å²) in [4.78, 5) is 3.89. The molecule has 0 bridgehead atoms. The summed E-state index contributed by atoms with van der Waals surface area (Å²) >= 11 is 5.71. The second-order valence-corrected chi connectivity index (χ2v) is 3.86. The second kappa shape index (κ2) is 5.10. The van der Waals surface area contributed by atoms with E-state index in [1.54, 1.807) is 6.07 Å². The van der Waals surface area contributed by atoms with Crippen LogP contribution in [0.4, 0.5) is 10.1 Å². The first-order chi connectivity index (χ1) is 8.61. The zero-order valence-corrected chi connectivity index (χ0v) is 10.2. The summed E-state index contributed by atoms with van der Waals surface area (Å²) in [6.45, 7) is 0. The van der Waals surface area contributed by atoms with Gasteiger partial charge in [0.05, 0.1) is 17.8 Å². The molecule has 2 N–H and O–H groups in total. The van der Waals surface area contributed by atoms with Crippen LogP contribution in [0.2, 0.25) is 5.02 Å². The van der Waals surface area contributed by atoms with Crippen LogP contribution in [0.25, 0.3) is 0 Å². The van der Waals surface area contributed by atoms with E-state index in [1.807, 2.05) is 0 Å². The molecule has 94 valence electrons. The fraction of sp³-hybridized carbons (Fsp3) is 0.0833. The molecule has 0 amide bonds. The molecular formula is C12H10ClFN2O2. The number of benzene rings is 1. The third-order valence-electron chi connectivity index (χ3n) is 2.19. The van der Waals surface area contributed by atoms with Crippen molar-refractivity contribution in [2.45, 2.75) is 0 Å². The van der Waals surface area contributed by atoms with Crippen LogP contribution in [-0.2, 0) is 0 Å². The summed E-state index contributed by atoms with van der Waals surface area (Å²) in [6, 6.07) is 5.81. The van der Waals surface area contributed by atoms with E-state index in [0.717, 1.165) is 0 Å². The molecule has 0 aliphatic rings. The van der Waals surface area contributed by atoms with Gasteiger partial charge in [-0.2, -0.15) is 0 Å². The Morgan fingerprint density at radius 3 is 2.83 bits per heavy atom. The maximum Gasteiger partial charge on any atom is 0.243 e. The summed E-state index contributed by atoms with van der Waals surface area (Å²) < 4.78 is 24.0. The molecule has 0 atom stereocenters. The Balaban J connectivity index is 2.39. The SMILES string of the molecule is COc1cccc(F)c1Oc1ncc(Cl)cc1N. The fourth-order valence-electron chi connectivity index (χ4n) is 1.37. The average Bonchev–Trinajstić information content (AvgIpc) is 2.34. The van der Waals surface area contributed by atoms with E-state index in [4.69, 9.17) is 26.8 Å². The Kier molecular flexibility index (Phi) is 3.53. The van der Waals surface area contributed by atoms with Crippen molar-refractivity contribution >= 4 is 17.3 Å². The summed E-state index contributed by atoms with van der Waals surface area (Å²) in [7, 11) is 1.42. The normalized spacial score (nSPS) is 10.2. The minimum Gasteiger partial charge on any atom is -0.493 e. The number of methoxy groups -OCH3 is 1. The Labute approximate surface area is 108 Å². The van der Waals surface area contributed by atoms with Crippen molar-refractivity contribution in [1.29, 1.82) is 0 Å². The van der Waals surface area contributed by atoms with E-state index < -0.39 is 5.82 Å². The van der Waals surface area contributed by atoms with Crippen molar-refractivity contribution in [2.24, 2.45) is 0 Å². The third kappa shape index (κ3) is 2.46. The van der Waals surface area contributed by atoms with Crippen molar-refractivity contribution in [3.63, 3.8) is 0 Å². The number of anilines is 1. The predicted octanol–water partition coefficient (Wildman–Crippen LogP) is 3.26. The van der Waals surface area contributed by atoms with Gasteiger partial charge in [-0.3, -0.25) is 0 Å². The van der Waals surface area contributed by atoms with Crippen LogP contribution in [0.15, 0.2) is 30.5 Å². The average molecular weight is 269 g/mol. The van der Waals surface area contributed by atoms with Crippen LogP contribution in [0.5, 0.6) is 17.4 Å². The quantitative estimate of drug-likeness (QED) is 0.928. The van der Waals surface area contributed by atoms with Crippen molar-refractivity contribution < 1.29 is 13.9 Å². The second-order valence-electron chi connectivity index (χ2n) is 3.42. The van der Waals surface area contributed by atoms with Gasteiger partial charge in [-0.15, -0.1) is 0 Å². The number of halogens is 2. The molecule has 0 fully saturated rings. The molecule has 2 aromatic rings. The topological polar surface area (TPSA) is 57.4 Å². The molecule has 1 heterocycles. The van der Waals surface area contributed by atoms with Gasteiger partial charge in [-0.25, -0.2) is 9.37 Å². The zero-order chi connectivity index (χ0) is 13.1. The van der Waals surface area contributed by atoms with Crippen LogP contribution in [0.3, 0.4) is 0 Å². The summed E-state index contributed by atoms with van der Waals surface area (Å²) in [5.41, 5.74) is 5.89. The molecule has 0 radical (unpaired) electrons. The molecule has 4 nitrogen and oxygen atoms in total. The van der Waals surface area contributed by atoms with Gasteiger partial charge in [-0.05, 0) is 18.2 Å². The lowest BCUT2D eigenvalue weighted by molar-refractivity contribution is 0.359. The first kappa shape index (κ1) is 12.4. The minimum atomic E-state index is -0.564. The molecule has 2 rings (SSSR count). The number of pyridine rings is 1. The van der Waals surface area contributed by atoms with Crippen molar-refractivity contribution in [1.82, 2.24) is 4.98 Å². The first-order valence-corrected chi connectivity index (χ1v) is 5.41. The molecule has 0 saturated heterocycles. The molecule has 0 saturated carbocycles. The fourth-order valence-corrected chi connectivity index (χ4v) is 1.54. The van der Waals surface area contributed by atoms with Crippen molar-refractivity contribution in [3.8, 4) is 17.4 Å². The van der Waals surface area contributed by atoms with E-state index in [-0.39, 0.29) is 23.1 Å². The predicted molar refractivity (Wildman–Crippen MR) is 66.7 cm³/mol. The summed E-state index contributed by atoms with van der Waals surface area (Å²) in [6.07, 6.45) is 1.36. The molecule has 0 spiro atoms. The lowest BCUT2D eigenvalue weighted by atomic mass is 10.3. The Hall–Kier alpha value is -2.01. The Morgan fingerprint density at radius 1 is 1.39 bits per heavy atom. The van der Waals surface area contributed by atoms with E-state index >= 15 is 0 Å². The summed E-state index contributed by atoms with van der Waals surface area (Å²) in [5.74, 6) is -0.305. The number of nitrogen functional groups attached to an aromatic ring is 1. The van der Waals surface area contributed by atoms with Crippen molar-refractivity contribution in [3.05, 3.63) is 41.3 Å². The van der Waals surface area contributed by atoms with Crippen LogP contribution in [0, 0.1) is 5.82 Å². The van der Waals surface area contributed by atoms with Gasteiger partial charge in [0.1, 0.15) is 0 Å². The molecule has 6 heteroatoms. The maximum atomic E-state index is 13.6. The first-order valence-electron chi connectivity index (χ1n) is 5.03. The molecule has 18 heavy (non-hydrogen) atoms. The molecule has 0 aliphatic carbocycles. The largest absolute Gasteiger partial charge is 0.493 e. The van der Waals surface area contributed by atoms with Gasteiger partial charge < -0.3 is 15.2 Å². The number of aromatic nitrogens is 1. The highest BCUT2D eigenvalue weighted by Crippen LogP contribution is 2.35. The number of hydrogen-bond acceptors (Lipinski definition) is 4. The molecule has 0 aliphatic heterocycles. The third-order valence-corrected chi connectivity index (χ3v) is 2.40. The van der Waals surface area contributed by atoms with Crippen LogP contribution < -0.4 is 15.2 Å². The highest BCUT2D eigenvalue weighted by atomic mass is 35.5. The summed E-state index contributed by atoms with van der Waals surface area (Å²) in [5, 5.41) is 0.375. The van der Waals surface area contributed by atoms with Gasteiger partial charge in [0.15, 0.2) is 11.6 Å². The van der Waals surface area contributed by atoms with Gasteiger partial charge in [0, 0.05) is 6.20 Å². The van der Waals surface area contributed by atoms with Crippen molar-refractivity contribution in [2.75, 3.05) is 12.8 Å². The van der Waals surface area contributed by atoms with Gasteiger partial charge in [0.25, 0.3) is 0 Å². The number of nitrogens with two attached hydrogens (primary N) is 1. The number of hydrogen-bond donors (Lipinski definition) is 1. The van der Waals surface area contributed by atoms with Gasteiger partial charge in [-0.1, -0.05) is 17.7 Å². The highest BCUT2D eigenvalue weighted by Gasteiger charge is 2.14. The van der Waals surface area contributed by atoms with E-state index in [9.17, 15) is 4.39 Å². The molecular weight excluding hydrogens is 259 g/mol. The van der Waals surface area contributed by atoms with Gasteiger partial charge >= 0.3 is 0 Å². The number of rotatable bonds is 3. The zero-order valence-electron chi connectivity index (χ0n) is 9.48. The maximum absolute atomic E-state index is 13.6. The lowest BCUT2D eigenvalue weighted by Crippen LogP contribution is -1.98. The minimum absolute atomic E-state index is 0.0680. The molecule has 1 aromatic heterocycles. The van der Waals surface area contributed by atoms with E-state index in [0.29, 0.717) is 5.02 Å². The standard InChI is InChI=1S/C12H10ClFN2O2/c1-17-10-4-2-3-8(14)11(10)18-12-9(15)5-7(13)6-16-12/h2-6H,15H2,1H3. The van der Waals surface area contributed by atoms with Gasteiger partial charge in [0.2, 0.25) is 11.6 Å². The lowest BCUT2D eigenvalue weighted by Gasteiger charge is -2.11. The van der Waals surface area contributed by atoms with Crippen LogP contribution in [-0.4, -0.2) is 12.1 Å². The highest BCUT2D eigenvalue weighted by molar-refractivity contribution is 6.30. The number of para-hydroxylation sites is 1.